The summed E-state index contributed by atoms with van der Waals surface area (Å²) in [4.78, 5) is 30.8. The Morgan fingerprint density at radius 3 is 2.68 bits per heavy atom. The highest BCUT2D eigenvalue weighted by molar-refractivity contribution is 5.98. The normalized spacial score (nSPS) is 14.8. The Kier molecular flexibility index (Phi) is 6.22. The van der Waals surface area contributed by atoms with Gasteiger partial charge in [-0.05, 0) is 6.92 Å². The Bertz CT molecular complexity index is 1310. The summed E-state index contributed by atoms with van der Waals surface area (Å²) >= 11 is 0. The molecule has 2 atom stereocenters. The number of fused-ring (bicyclic) bond motifs is 1. The first-order valence-corrected chi connectivity index (χ1v) is 9.37. The van der Waals surface area contributed by atoms with E-state index in [0.717, 1.165) is 12.1 Å². The van der Waals surface area contributed by atoms with E-state index in [1.54, 1.807) is 6.19 Å². The number of carboxylic acids is 1. The fourth-order valence-electron chi connectivity index (χ4n) is 3.23. The molecule has 15 nitrogen and oxygen atoms in total. The molecule has 0 bridgehead atoms. The molecule has 0 amide bonds. The van der Waals surface area contributed by atoms with Crippen molar-refractivity contribution in [3.8, 4) is 23.8 Å². The van der Waals surface area contributed by atoms with Gasteiger partial charge in [0.2, 0.25) is 5.96 Å². The highest BCUT2D eigenvalue weighted by Crippen LogP contribution is 2.47. The number of anilines is 3. The van der Waals surface area contributed by atoms with Gasteiger partial charge in [-0.3, -0.25) is 15.4 Å². The molecule has 2 unspecified atom stereocenters. The first kappa shape index (κ1) is 23.4. The van der Waals surface area contributed by atoms with Crippen molar-refractivity contribution in [1.29, 1.82) is 10.5 Å². The summed E-state index contributed by atoms with van der Waals surface area (Å²) in [5.41, 5.74) is 11.4. The number of rotatable bonds is 6. The third-order valence-electron chi connectivity index (χ3n) is 4.79. The molecule has 0 saturated carbocycles. The lowest BCUT2D eigenvalue weighted by Gasteiger charge is -2.28. The summed E-state index contributed by atoms with van der Waals surface area (Å²) in [7, 11) is 1.22. The number of aliphatic carboxylic acids is 1. The van der Waals surface area contributed by atoms with E-state index in [-0.39, 0.29) is 51.5 Å². The monoisotopic (exact) mass is 467 g/mol. The zero-order valence-electron chi connectivity index (χ0n) is 17.7. The minimum absolute atomic E-state index is 0.0226. The van der Waals surface area contributed by atoms with Gasteiger partial charge in [-0.15, -0.1) is 0 Å². The van der Waals surface area contributed by atoms with Crippen molar-refractivity contribution in [1.82, 2.24) is 10.3 Å². The number of pyridine rings is 1. The van der Waals surface area contributed by atoms with Crippen molar-refractivity contribution in [3.63, 3.8) is 0 Å². The summed E-state index contributed by atoms with van der Waals surface area (Å²) < 4.78 is 10.8. The maximum Gasteiger partial charge on any atom is 0.344 e. The van der Waals surface area contributed by atoms with Gasteiger partial charge in [0.05, 0.1) is 23.8 Å². The van der Waals surface area contributed by atoms with Gasteiger partial charge >= 0.3 is 5.97 Å². The molecule has 0 radical (unpaired) electrons. The lowest BCUT2D eigenvalue weighted by Crippen LogP contribution is -2.33. The standard InChI is InChI=1S/C19H17N9O6/c1-7(18(29)30)34-15-9(3-8(28(31)32)4-11(15)33-2)14-12-13(22)10(5-20)16(23)26-17(12)27-19(25-14)24-6-21/h3-4,7,14H,1-2H3,(H,29,30)(H6,22,23,24,25,26,27). The predicted molar refractivity (Wildman–Crippen MR) is 117 cm³/mol. The number of nitriles is 2. The summed E-state index contributed by atoms with van der Waals surface area (Å²) in [6.07, 6.45) is 0.296. The van der Waals surface area contributed by atoms with E-state index in [0.29, 0.717) is 0 Å². The summed E-state index contributed by atoms with van der Waals surface area (Å²) in [5, 5.41) is 44.4. The van der Waals surface area contributed by atoms with E-state index < -0.39 is 28.7 Å². The van der Waals surface area contributed by atoms with Crippen molar-refractivity contribution in [2.24, 2.45) is 4.99 Å². The topological polar surface area (TPSA) is 248 Å². The molecule has 3 rings (SSSR count). The van der Waals surface area contributed by atoms with Crippen LogP contribution in [-0.4, -0.2) is 40.2 Å². The van der Waals surface area contributed by atoms with E-state index in [1.165, 1.54) is 14.0 Å². The maximum absolute atomic E-state index is 11.6. The average Bonchev–Trinajstić information content (AvgIpc) is 2.78. The Balaban J connectivity index is 2.40. The van der Waals surface area contributed by atoms with Crippen LogP contribution in [0, 0.1) is 32.9 Å². The zero-order chi connectivity index (χ0) is 25.2. The number of hydrogen-bond acceptors (Lipinski definition) is 13. The second-order valence-electron chi connectivity index (χ2n) is 6.82. The van der Waals surface area contributed by atoms with E-state index in [2.05, 4.69) is 20.6 Å². The molecule has 174 valence electrons. The van der Waals surface area contributed by atoms with Crippen LogP contribution in [0.15, 0.2) is 17.1 Å². The second kappa shape index (κ2) is 9.05. The SMILES string of the molecule is COc1cc([N+](=O)[O-])cc(C2N=C(NC#N)Nc3nc(N)c(C#N)c(N)c32)c1OC(C)C(=O)O. The highest BCUT2D eigenvalue weighted by Gasteiger charge is 2.35. The molecule has 0 fully saturated rings. The van der Waals surface area contributed by atoms with Crippen LogP contribution in [-0.2, 0) is 4.79 Å². The smallest absolute Gasteiger partial charge is 0.344 e. The van der Waals surface area contributed by atoms with Crippen LogP contribution in [0.5, 0.6) is 11.5 Å². The van der Waals surface area contributed by atoms with Crippen molar-refractivity contribution in [2.75, 3.05) is 23.9 Å². The number of nitro groups is 1. The molecule has 0 aliphatic carbocycles. The Morgan fingerprint density at radius 2 is 2.12 bits per heavy atom. The van der Waals surface area contributed by atoms with Crippen LogP contribution >= 0.6 is 0 Å². The lowest BCUT2D eigenvalue weighted by atomic mass is 9.93. The largest absolute Gasteiger partial charge is 0.493 e. The van der Waals surface area contributed by atoms with E-state index in [9.17, 15) is 25.3 Å². The molecule has 0 saturated heterocycles. The van der Waals surface area contributed by atoms with Crippen molar-refractivity contribution in [2.45, 2.75) is 19.1 Å². The number of carboxylic acid groups (broad SMARTS) is 1. The molecule has 1 aromatic carbocycles. The second-order valence-corrected chi connectivity index (χ2v) is 6.82. The van der Waals surface area contributed by atoms with Crippen molar-refractivity contribution in [3.05, 3.63) is 38.9 Å². The molecule has 2 aromatic rings. The van der Waals surface area contributed by atoms with Crippen LogP contribution < -0.4 is 31.6 Å². The van der Waals surface area contributed by atoms with Gasteiger partial charge in [-0.25, -0.2) is 14.8 Å². The number of aromatic nitrogens is 1. The summed E-state index contributed by atoms with van der Waals surface area (Å²) in [6, 6.07) is 2.75. The molecule has 1 aliphatic rings. The van der Waals surface area contributed by atoms with Gasteiger partial charge in [-0.2, -0.15) is 10.5 Å². The quantitative estimate of drug-likeness (QED) is 0.171. The minimum atomic E-state index is -1.38. The van der Waals surface area contributed by atoms with E-state index in [4.69, 9.17) is 26.2 Å². The number of nitrogens with zero attached hydrogens (tertiary/aromatic N) is 5. The van der Waals surface area contributed by atoms with Crippen LogP contribution in [0.1, 0.15) is 29.7 Å². The number of nitrogens with two attached hydrogens (primary N) is 2. The molecule has 1 aliphatic heterocycles. The number of hydrogen-bond donors (Lipinski definition) is 5. The number of non-ortho nitro benzene ring substituents is 1. The first-order valence-electron chi connectivity index (χ1n) is 9.37. The number of aliphatic imine (C=N–C) groups is 1. The number of nitrogen functional groups attached to an aromatic ring is 2. The van der Waals surface area contributed by atoms with Gasteiger partial charge in [-0.1, -0.05) is 0 Å². The Labute approximate surface area is 191 Å². The maximum atomic E-state index is 11.6. The van der Waals surface area contributed by atoms with Crippen LogP contribution in [0.25, 0.3) is 0 Å². The molecule has 15 heteroatoms. The first-order chi connectivity index (χ1) is 16.1. The number of ether oxygens (including phenoxy) is 2. The van der Waals surface area contributed by atoms with E-state index in [1.807, 2.05) is 6.07 Å². The number of guanidine groups is 1. The molecule has 7 N–H and O–H groups in total. The van der Waals surface area contributed by atoms with Crippen LogP contribution in [0.4, 0.5) is 23.0 Å². The Morgan fingerprint density at radius 1 is 1.41 bits per heavy atom. The molecule has 2 heterocycles. The molecule has 1 aromatic heterocycles. The lowest BCUT2D eigenvalue weighted by molar-refractivity contribution is -0.385. The number of nitro benzene ring substituents is 1. The third kappa shape index (κ3) is 4.08. The summed E-state index contributed by atoms with van der Waals surface area (Å²) in [6.45, 7) is 1.25. The van der Waals surface area contributed by atoms with Gasteiger partial charge in [0, 0.05) is 17.2 Å². The minimum Gasteiger partial charge on any atom is -0.493 e. The van der Waals surface area contributed by atoms with Crippen LogP contribution in [0.2, 0.25) is 0 Å². The Hall–Kier alpha value is -5.31. The number of methoxy groups -OCH3 is 1. The zero-order valence-corrected chi connectivity index (χ0v) is 17.7. The molecule has 34 heavy (non-hydrogen) atoms. The summed E-state index contributed by atoms with van der Waals surface area (Å²) in [5.74, 6) is -1.92. The fraction of sp³-hybridized carbons (Fsp3) is 0.211. The number of nitrogens with one attached hydrogen (secondary N) is 2. The molecular formula is C19H17N9O6. The highest BCUT2D eigenvalue weighted by atomic mass is 16.6. The number of benzene rings is 1. The average molecular weight is 467 g/mol. The molecule has 0 spiro atoms. The van der Waals surface area contributed by atoms with Gasteiger partial charge in [0.15, 0.2) is 23.8 Å². The third-order valence-corrected chi connectivity index (χ3v) is 4.79. The fourth-order valence-corrected chi connectivity index (χ4v) is 3.23. The van der Waals surface area contributed by atoms with Crippen molar-refractivity contribution < 1.29 is 24.3 Å². The van der Waals surface area contributed by atoms with Crippen LogP contribution in [0.3, 0.4) is 0 Å². The van der Waals surface area contributed by atoms with Gasteiger partial charge in [0.25, 0.3) is 5.69 Å². The number of carbonyl (C=O) groups is 1. The van der Waals surface area contributed by atoms with Gasteiger partial charge in [0.1, 0.15) is 29.3 Å². The van der Waals surface area contributed by atoms with Crippen molar-refractivity contribution >= 4 is 34.9 Å². The van der Waals surface area contributed by atoms with E-state index >= 15 is 0 Å². The van der Waals surface area contributed by atoms with Gasteiger partial charge < -0.3 is 31.4 Å². The molecular weight excluding hydrogens is 450 g/mol. The predicted octanol–water partition coefficient (Wildman–Crippen LogP) is 0.828.